The normalized spacial score (nSPS) is 14.1. The first-order valence-corrected chi connectivity index (χ1v) is 11.4. The fourth-order valence-electron chi connectivity index (χ4n) is 3.84. The van der Waals surface area contributed by atoms with Gasteiger partial charge >= 0.3 is 0 Å². The molecule has 0 radical (unpaired) electrons. The Morgan fingerprint density at radius 3 is 2.61 bits per heavy atom. The summed E-state index contributed by atoms with van der Waals surface area (Å²) in [7, 11) is 0. The standard InChI is InChI=1S/C27H31N3O3/c1-22-8-10-24(11-9-22)27(31)30(21-25-6-2-3-12-28-25)20-23-5-4-7-26(19-23)33-18-15-29-13-16-32-17-14-29/h2-12,19H,13-18,20-21H2,1H3. The van der Waals surface area contributed by atoms with Crippen LogP contribution < -0.4 is 4.74 Å². The maximum absolute atomic E-state index is 13.3. The summed E-state index contributed by atoms with van der Waals surface area (Å²) in [5, 5.41) is 0. The van der Waals surface area contributed by atoms with Crippen molar-refractivity contribution in [2.75, 3.05) is 39.5 Å². The lowest BCUT2D eigenvalue weighted by Gasteiger charge is -2.26. The molecule has 0 bridgehead atoms. The van der Waals surface area contributed by atoms with Gasteiger partial charge in [0, 0.05) is 37.9 Å². The Bertz CT molecular complexity index is 1020. The topological polar surface area (TPSA) is 54.9 Å². The smallest absolute Gasteiger partial charge is 0.254 e. The van der Waals surface area contributed by atoms with Crippen LogP contribution in [0.15, 0.2) is 72.9 Å². The van der Waals surface area contributed by atoms with Gasteiger partial charge in [-0.05, 0) is 48.9 Å². The van der Waals surface area contributed by atoms with Crippen molar-refractivity contribution >= 4 is 5.91 Å². The number of carbonyl (C=O) groups excluding carboxylic acids is 1. The third-order valence-electron chi connectivity index (χ3n) is 5.72. The van der Waals surface area contributed by atoms with E-state index in [0.29, 0.717) is 25.3 Å². The molecule has 1 aromatic heterocycles. The third-order valence-corrected chi connectivity index (χ3v) is 5.72. The van der Waals surface area contributed by atoms with E-state index in [-0.39, 0.29) is 5.91 Å². The van der Waals surface area contributed by atoms with Gasteiger partial charge in [-0.1, -0.05) is 35.9 Å². The fraction of sp³-hybridized carbons (Fsp3) is 0.333. The summed E-state index contributed by atoms with van der Waals surface area (Å²) in [6.45, 7) is 7.92. The monoisotopic (exact) mass is 445 g/mol. The highest BCUT2D eigenvalue weighted by Gasteiger charge is 2.18. The van der Waals surface area contributed by atoms with Crippen LogP contribution in [0.4, 0.5) is 0 Å². The summed E-state index contributed by atoms with van der Waals surface area (Å²) in [5.41, 5.74) is 3.69. The quantitative estimate of drug-likeness (QED) is 0.499. The molecule has 33 heavy (non-hydrogen) atoms. The Hall–Kier alpha value is -3.22. The van der Waals surface area contributed by atoms with Crippen molar-refractivity contribution in [3.05, 3.63) is 95.3 Å². The van der Waals surface area contributed by atoms with Gasteiger partial charge in [0.2, 0.25) is 0 Å². The molecule has 0 aliphatic carbocycles. The van der Waals surface area contributed by atoms with E-state index in [1.807, 2.05) is 78.6 Å². The Kier molecular flexibility index (Phi) is 8.06. The molecule has 0 saturated carbocycles. The molecular weight excluding hydrogens is 414 g/mol. The summed E-state index contributed by atoms with van der Waals surface area (Å²) >= 11 is 0. The van der Waals surface area contributed by atoms with Gasteiger partial charge in [0.05, 0.1) is 25.5 Å². The Morgan fingerprint density at radius 2 is 1.85 bits per heavy atom. The molecule has 1 aliphatic heterocycles. The number of amides is 1. The maximum Gasteiger partial charge on any atom is 0.254 e. The molecule has 6 heteroatoms. The number of hydrogen-bond acceptors (Lipinski definition) is 5. The molecule has 0 spiro atoms. The van der Waals surface area contributed by atoms with Crippen LogP contribution in [0.5, 0.6) is 5.75 Å². The minimum Gasteiger partial charge on any atom is -0.492 e. The van der Waals surface area contributed by atoms with E-state index in [1.54, 1.807) is 6.20 Å². The van der Waals surface area contributed by atoms with E-state index in [0.717, 1.165) is 55.4 Å². The molecule has 1 saturated heterocycles. The van der Waals surface area contributed by atoms with Crippen molar-refractivity contribution in [2.24, 2.45) is 0 Å². The number of carbonyl (C=O) groups is 1. The number of hydrogen-bond donors (Lipinski definition) is 0. The van der Waals surface area contributed by atoms with Crippen molar-refractivity contribution in [3.63, 3.8) is 0 Å². The molecule has 2 heterocycles. The third kappa shape index (κ3) is 6.88. The minimum absolute atomic E-state index is 0.0145. The lowest BCUT2D eigenvalue weighted by Crippen LogP contribution is -2.38. The van der Waals surface area contributed by atoms with E-state index in [9.17, 15) is 4.79 Å². The van der Waals surface area contributed by atoms with Crippen LogP contribution >= 0.6 is 0 Å². The van der Waals surface area contributed by atoms with Gasteiger partial charge in [-0.15, -0.1) is 0 Å². The maximum atomic E-state index is 13.3. The average molecular weight is 446 g/mol. The van der Waals surface area contributed by atoms with Gasteiger partial charge in [0.1, 0.15) is 12.4 Å². The highest BCUT2D eigenvalue weighted by molar-refractivity contribution is 5.94. The number of nitrogens with zero attached hydrogens (tertiary/aromatic N) is 3. The molecule has 1 aliphatic rings. The molecule has 2 aromatic carbocycles. The zero-order chi connectivity index (χ0) is 22.9. The molecule has 0 N–H and O–H groups in total. The van der Waals surface area contributed by atoms with Crippen LogP contribution in [0.2, 0.25) is 0 Å². The molecular formula is C27H31N3O3. The molecule has 4 rings (SSSR count). The number of pyridine rings is 1. The van der Waals surface area contributed by atoms with Crippen LogP contribution in [-0.2, 0) is 17.8 Å². The minimum atomic E-state index is -0.0145. The Balaban J connectivity index is 1.44. The van der Waals surface area contributed by atoms with E-state index >= 15 is 0 Å². The fourth-order valence-corrected chi connectivity index (χ4v) is 3.84. The second-order valence-electron chi connectivity index (χ2n) is 8.30. The summed E-state index contributed by atoms with van der Waals surface area (Å²) in [6.07, 6.45) is 1.76. The van der Waals surface area contributed by atoms with Gasteiger partial charge < -0.3 is 14.4 Å². The second kappa shape index (κ2) is 11.6. The summed E-state index contributed by atoms with van der Waals surface area (Å²) in [5.74, 6) is 0.806. The van der Waals surface area contributed by atoms with Gasteiger partial charge in [-0.25, -0.2) is 0 Å². The van der Waals surface area contributed by atoms with Gasteiger partial charge in [0.15, 0.2) is 0 Å². The zero-order valence-corrected chi connectivity index (χ0v) is 19.2. The lowest BCUT2D eigenvalue weighted by molar-refractivity contribution is 0.0322. The Labute approximate surface area is 195 Å². The molecule has 172 valence electrons. The predicted molar refractivity (Wildman–Crippen MR) is 128 cm³/mol. The van der Waals surface area contributed by atoms with Crippen molar-refractivity contribution in [1.29, 1.82) is 0 Å². The number of morpholine rings is 1. The number of ether oxygens (including phenoxy) is 2. The molecule has 6 nitrogen and oxygen atoms in total. The Morgan fingerprint density at radius 1 is 1.03 bits per heavy atom. The molecule has 3 aromatic rings. The van der Waals surface area contributed by atoms with Crippen LogP contribution in [0.25, 0.3) is 0 Å². The number of aryl methyl sites for hydroxylation is 1. The first kappa shape index (κ1) is 23.0. The highest BCUT2D eigenvalue weighted by Crippen LogP contribution is 2.18. The van der Waals surface area contributed by atoms with Crippen LogP contribution in [-0.4, -0.2) is 60.1 Å². The van der Waals surface area contributed by atoms with Crippen molar-refractivity contribution in [3.8, 4) is 5.75 Å². The first-order chi connectivity index (χ1) is 16.2. The summed E-state index contributed by atoms with van der Waals surface area (Å²) in [4.78, 5) is 22.0. The largest absolute Gasteiger partial charge is 0.492 e. The molecule has 0 atom stereocenters. The molecule has 1 fully saturated rings. The first-order valence-electron chi connectivity index (χ1n) is 11.4. The van der Waals surface area contributed by atoms with Crippen molar-refractivity contribution < 1.29 is 14.3 Å². The zero-order valence-electron chi connectivity index (χ0n) is 19.2. The molecule has 1 amide bonds. The summed E-state index contributed by atoms with van der Waals surface area (Å²) < 4.78 is 11.4. The summed E-state index contributed by atoms with van der Waals surface area (Å²) in [6, 6.07) is 21.5. The van der Waals surface area contributed by atoms with Gasteiger partial charge in [-0.2, -0.15) is 0 Å². The average Bonchev–Trinajstić information content (AvgIpc) is 2.85. The molecule has 0 unspecified atom stereocenters. The van der Waals surface area contributed by atoms with Crippen molar-refractivity contribution in [1.82, 2.24) is 14.8 Å². The van der Waals surface area contributed by atoms with E-state index in [2.05, 4.69) is 9.88 Å². The highest BCUT2D eigenvalue weighted by atomic mass is 16.5. The SMILES string of the molecule is Cc1ccc(C(=O)N(Cc2cccc(OCCN3CCOCC3)c2)Cc2ccccn2)cc1. The van der Waals surface area contributed by atoms with E-state index in [4.69, 9.17) is 9.47 Å². The number of aromatic nitrogens is 1. The second-order valence-corrected chi connectivity index (χ2v) is 8.30. The van der Waals surface area contributed by atoms with Crippen LogP contribution in [0.3, 0.4) is 0 Å². The van der Waals surface area contributed by atoms with Crippen LogP contribution in [0, 0.1) is 6.92 Å². The number of rotatable bonds is 9. The predicted octanol–water partition coefficient (Wildman–Crippen LogP) is 3.94. The van der Waals surface area contributed by atoms with Gasteiger partial charge in [0.25, 0.3) is 5.91 Å². The van der Waals surface area contributed by atoms with Crippen molar-refractivity contribution in [2.45, 2.75) is 20.0 Å². The number of benzene rings is 2. The van der Waals surface area contributed by atoms with E-state index < -0.39 is 0 Å². The van der Waals surface area contributed by atoms with Crippen LogP contribution in [0.1, 0.15) is 27.2 Å². The lowest BCUT2D eigenvalue weighted by atomic mass is 10.1. The van der Waals surface area contributed by atoms with Gasteiger partial charge in [-0.3, -0.25) is 14.7 Å². The van der Waals surface area contributed by atoms with E-state index in [1.165, 1.54) is 0 Å².